The number of nitrogens with one attached hydrogen (secondary N) is 1. The molecule has 0 heterocycles. The Kier molecular flexibility index (Phi) is 5.01. The van der Waals surface area contributed by atoms with E-state index in [1.54, 1.807) is 0 Å². The van der Waals surface area contributed by atoms with Gasteiger partial charge in [-0.3, -0.25) is 4.79 Å². The number of carboxylic acids is 1. The third kappa shape index (κ3) is 3.77. The highest BCUT2D eigenvalue weighted by Gasteiger charge is 2.15. The molecular weight excluding hydrogens is 214 g/mol. The van der Waals surface area contributed by atoms with Gasteiger partial charge in [-0.2, -0.15) is 0 Å². The summed E-state index contributed by atoms with van der Waals surface area (Å²) in [6.07, 6.45) is 0.645. The van der Waals surface area contributed by atoms with Gasteiger partial charge in [0.25, 0.3) is 0 Å². The number of benzene rings is 1. The monoisotopic (exact) mass is 235 g/mol. The molecule has 0 aromatic heterocycles. The molecular formula is C14H21NO2. The second-order valence-corrected chi connectivity index (χ2v) is 4.57. The summed E-state index contributed by atoms with van der Waals surface area (Å²) in [7, 11) is 0. The molecule has 0 aliphatic rings. The maximum absolute atomic E-state index is 10.9. The Morgan fingerprint density at radius 2 is 2.00 bits per heavy atom. The fraction of sp³-hybridized carbons (Fsp3) is 0.500. The highest BCUT2D eigenvalue weighted by molar-refractivity contribution is 5.71. The van der Waals surface area contributed by atoms with Gasteiger partial charge in [0.2, 0.25) is 0 Å². The van der Waals surface area contributed by atoms with Gasteiger partial charge in [-0.05, 0) is 24.0 Å². The molecule has 0 radical (unpaired) electrons. The van der Waals surface area contributed by atoms with Gasteiger partial charge in [0.15, 0.2) is 0 Å². The molecule has 0 amide bonds. The van der Waals surface area contributed by atoms with E-state index in [1.165, 1.54) is 5.56 Å². The molecule has 1 atom stereocenters. The maximum Gasteiger partial charge on any atom is 0.308 e. The van der Waals surface area contributed by atoms with Crippen LogP contribution >= 0.6 is 0 Å². The normalized spacial score (nSPS) is 12.5. The lowest BCUT2D eigenvalue weighted by atomic mass is 10.0. The van der Waals surface area contributed by atoms with Crippen LogP contribution in [0.25, 0.3) is 0 Å². The zero-order chi connectivity index (χ0) is 12.8. The lowest BCUT2D eigenvalue weighted by Crippen LogP contribution is -2.22. The molecule has 17 heavy (non-hydrogen) atoms. The number of hydrogen-bond acceptors (Lipinski definition) is 2. The van der Waals surface area contributed by atoms with E-state index < -0.39 is 5.97 Å². The van der Waals surface area contributed by atoms with E-state index in [0.717, 1.165) is 5.69 Å². The largest absolute Gasteiger partial charge is 0.481 e. The number of aliphatic carboxylic acids is 1. The molecule has 1 rings (SSSR count). The first-order valence-corrected chi connectivity index (χ1v) is 6.11. The average molecular weight is 235 g/mol. The van der Waals surface area contributed by atoms with Gasteiger partial charge in [-0.25, -0.2) is 0 Å². The maximum atomic E-state index is 10.9. The second-order valence-electron chi connectivity index (χ2n) is 4.57. The summed E-state index contributed by atoms with van der Waals surface area (Å²) >= 11 is 0. The first kappa shape index (κ1) is 13.6. The molecule has 2 N–H and O–H groups in total. The molecule has 0 saturated carbocycles. The van der Waals surface area contributed by atoms with Crippen LogP contribution in [0.4, 0.5) is 5.69 Å². The fourth-order valence-electron chi connectivity index (χ4n) is 1.80. The molecule has 0 fully saturated rings. The molecule has 94 valence electrons. The number of carbonyl (C=O) groups is 1. The molecule has 0 aliphatic carbocycles. The van der Waals surface area contributed by atoms with Crippen LogP contribution in [0.5, 0.6) is 0 Å². The second kappa shape index (κ2) is 6.28. The van der Waals surface area contributed by atoms with Gasteiger partial charge in [0, 0.05) is 12.2 Å². The third-order valence-corrected chi connectivity index (χ3v) is 2.96. The summed E-state index contributed by atoms with van der Waals surface area (Å²) in [4.78, 5) is 10.9. The third-order valence-electron chi connectivity index (χ3n) is 2.96. The van der Waals surface area contributed by atoms with Crippen LogP contribution in [-0.2, 0) is 4.79 Å². The van der Waals surface area contributed by atoms with Crippen LogP contribution in [0.3, 0.4) is 0 Å². The standard InChI is InChI=1S/C14H21NO2/c1-4-11(14(16)17)9-15-13-8-6-5-7-12(13)10(2)3/h5-8,10-11,15H,4,9H2,1-3H3,(H,16,17). The van der Waals surface area contributed by atoms with Crippen LogP contribution < -0.4 is 5.32 Å². The first-order valence-electron chi connectivity index (χ1n) is 6.11. The van der Waals surface area contributed by atoms with Crippen molar-refractivity contribution in [1.82, 2.24) is 0 Å². The molecule has 3 nitrogen and oxygen atoms in total. The Bertz CT molecular complexity index is 374. The van der Waals surface area contributed by atoms with Crippen molar-refractivity contribution in [3.8, 4) is 0 Å². The smallest absolute Gasteiger partial charge is 0.308 e. The fourth-order valence-corrected chi connectivity index (χ4v) is 1.80. The van der Waals surface area contributed by atoms with E-state index >= 15 is 0 Å². The van der Waals surface area contributed by atoms with Crippen LogP contribution in [0.1, 0.15) is 38.7 Å². The number of carboxylic acid groups (broad SMARTS) is 1. The Morgan fingerprint density at radius 3 is 2.53 bits per heavy atom. The summed E-state index contributed by atoms with van der Waals surface area (Å²) in [6.45, 7) is 6.65. The van der Waals surface area contributed by atoms with E-state index in [4.69, 9.17) is 5.11 Å². The Labute approximate surface area is 103 Å². The van der Waals surface area contributed by atoms with E-state index in [2.05, 4.69) is 25.2 Å². The van der Waals surface area contributed by atoms with E-state index in [9.17, 15) is 4.79 Å². The van der Waals surface area contributed by atoms with Crippen molar-refractivity contribution >= 4 is 11.7 Å². The van der Waals surface area contributed by atoms with Crippen LogP contribution in [0.2, 0.25) is 0 Å². The van der Waals surface area contributed by atoms with Crippen molar-refractivity contribution in [3.05, 3.63) is 29.8 Å². The molecule has 1 aromatic rings. The predicted octanol–water partition coefficient (Wildman–Crippen LogP) is 3.33. The van der Waals surface area contributed by atoms with Crippen LogP contribution in [0.15, 0.2) is 24.3 Å². The zero-order valence-corrected chi connectivity index (χ0v) is 10.7. The summed E-state index contributed by atoms with van der Waals surface area (Å²) in [5, 5.41) is 12.2. The highest BCUT2D eigenvalue weighted by Crippen LogP contribution is 2.23. The molecule has 0 bridgehead atoms. The van der Waals surface area contributed by atoms with Crippen molar-refractivity contribution in [1.29, 1.82) is 0 Å². The quantitative estimate of drug-likeness (QED) is 0.795. The lowest BCUT2D eigenvalue weighted by molar-refractivity contribution is -0.141. The van der Waals surface area contributed by atoms with E-state index in [-0.39, 0.29) is 5.92 Å². The van der Waals surface area contributed by atoms with Crippen molar-refractivity contribution in [2.24, 2.45) is 5.92 Å². The van der Waals surface area contributed by atoms with Crippen molar-refractivity contribution in [2.45, 2.75) is 33.1 Å². The Balaban J connectivity index is 2.71. The van der Waals surface area contributed by atoms with Crippen molar-refractivity contribution < 1.29 is 9.90 Å². The Hall–Kier alpha value is -1.51. The molecule has 0 saturated heterocycles. The topological polar surface area (TPSA) is 49.3 Å². The first-order chi connectivity index (χ1) is 8.06. The number of hydrogen-bond donors (Lipinski definition) is 2. The van der Waals surface area contributed by atoms with Gasteiger partial charge in [0.1, 0.15) is 0 Å². The number of para-hydroxylation sites is 1. The molecule has 1 unspecified atom stereocenters. The predicted molar refractivity (Wildman–Crippen MR) is 70.4 cm³/mol. The lowest BCUT2D eigenvalue weighted by Gasteiger charge is -2.17. The zero-order valence-electron chi connectivity index (χ0n) is 10.7. The van der Waals surface area contributed by atoms with Crippen molar-refractivity contribution in [2.75, 3.05) is 11.9 Å². The summed E-state index contributed by atoms with van der Waals surface area (Å²) in [5.74, 6) is -0.624. The average Bonchev–Trinajstić information content (AvgIpc) is 2.29. The minimum atomic E-state index is -0.734. The number of rotatable bonds is 6. The van der Waals surface area contributed by atoms with Gasteiger partial charge in [0.05, 0.1) is 5.92 Å². The molecule has 0 spiro atoms. The molecule has 0 aliphatic heterocycles. The molecule has 1 aromatic carbocycles. The summed E-state index contributed by atoms with van der Waals surface area (Å²) in [6, 6.07) is 8.06. The van der Waals surface area contributed by atoms with Gasteiger partial charge >= 0.3 is 5.97 Å². The molecule has 3 heteroatoms. The SMILES string of the molecule is CCC(CNc1ccccc1C(C)C)C(=O)O. The minimum Gasteiger partial charge on any atom is -0.481 e. The van der Waals surface area contributed by atoms with E-state index in [1.807, 2.05) is 25.1 Å². The minimum absolute atomic E-state index is 0.324. The summed E-state index contributed by atoms with van der Waals surface area (Å²) in [5.41, 5.74) is 2.27. The van der Waals surface area contributed by atoms with Gasteiger partial charge < -0.3 is 10.4 Å². The summed E-state index contributed by atoms with van der Waals surface area (Å²) < 4.78 is 0. The van der Waals surface area contributed by atoms with Gasteiger partial charge in [-0.1, -0.05) is 39.0 Å². The van der Waals surface area contributed by atoms with Gasteiger partial charge in [-0.15, -0.1) is 0 Å². The number of anilines is 1. The van der Waals surface area contributed by atoms with Crippen molar-refractivity contribution in [3.63, 3.8) is 0 Å². The highest BCUT2D eigenvalue weighted by atomic mass is 16.4. The van der Waals surface area contributed by atoms with Crippen LogP contribution in [0, 0.1) is 5.92 Å². The van der Waals surface area contributed by atoms with E-state index in [0.29, 0.717) is 18.9 Å². The van der Waals surface area contributed by atoms with Crippen LogP contribution in [-0.4, -0.2) is 17.6 Å². The Morgan fingerprint density at radius 1 is 1.35 bits per heavy atom.